The van der Waals surface area contributed by atoms with Gasteiger partial charge in [-0.3, -0.25) is 0 Å². The molecule has 4 rings (SSSR count). The van der Waals surface area contributed by atoms with Crippen molar-refractivity contribution >= 4 is 0 Å². The summed E-state index contributed by atoms with van der Waals surface area (Å²) in [4.78, 5) is 0. The van der Waals surface area contributed by atoms with Crippen molar-refractivity contribution in [1.29, 1.82) is 0 Å². The van der Waals surface area contributed by atoms with Gasteiger partial charge in [0.1, 0.15) is 0 Å². The van der Waals surface area contributed by atoms with Gasteiger partial charge in [-0.2, -0.15) is 0 Å². The van der Waals surface area contributed by atoms with Gasteiger partial charge in [0.2, 0.25) is 0 Å². The Morgan fingerprint density at radius 1 is 0.793 bits per heavy atom. The monoisotopic (exact) mass is 376 g/mol. The molecule has 0 aliphatic heterocycles. The van der Waals surface area contributed by atoms with Gasteiger partial charge in [0.25, 0.3) is 0 Å². The van der Waals surface area contributed by atoms with Crippen LogP contribution < -0.4 is 0 Å². The summed E-state index contributed by atoms with van der Waals surface area (Å²) >= 11 is 0. The van der Waals surface area contributed by atoms with Crippen LogP contribution in [0, 0.1) is 13.8 Å². The van der Waals surface area contributed by atoms with Crippen LogP contribution in [-0.4, -0.2) is 0 Å². The predicted molar refractivity (Wildman–Crippen MR) is 125 cm³/mol. The Kier molecular flexibility index (Phi) is 4.88. The first-order chi connectivity index (χ1) is 14.0. The van der Waals surface area contributed by atoms with Crippen LogP contribution in [0.4, 0.5) is 0 Å². The van der Waals surface area contributed by atoms with Crippen LogP contribution in [0.3, 0.4) is 0 Å². The smallest absolute Gasteiger partial charge is 0.0710 e. The van der Waals surface area contributed by atoms with Crippen LogP contribution in [0.2, 0.25) is 0 Å². The zero-order chi connectivity index (χ0) is 20.6. The van der Waals surface area contributed by atoms with E-state index in [1.54, 1.807) is 0 Å². The molecule has 0 fully saturated rings. The summed E-state index contributed by atoms with van der Waals surface area (Å²) in [6.45, 7) is 12.6. The van der Waals surface area contributed by atoms with Crippen molar-refractivity contribution < 1.29 is 0 Å². The highest BCUT2D eigenvalue weighted by atomic mass is 14.5. The van der Waals surface area contributed by atoms with Crippen molar-refractivity contribution in [2.45, 2.75) is 33.1 Å². The van der Waals surface area contributed by atoms with Crippen LogP contribution in [0.1, 0.15) is 41.7 Å². The Bertz CT molecular complexity index is 1140. The molecule has 3 aromatic carbocycles. The molecule has 144 valence electrons. The fourth-order valence-corrected chi connectivity index (χ4v) is 4.66. The Morgan fingerprint density at radius 3 is 2.14 bits per heavy atom. The zero-order valence-corrected chi connectivity index (χ0v) is 17.8. The second kappa shape index (κ2) is 7.37. The van der Waals surface area contributed by atoms with Crippen LogP contribution in [0.5, 0.6) is 0 Å². The first kappa shape index (κ1) is 19.2. The summed E-state index contributed by atoms with van der Waals surface area (Å²) in [5.74, 6) is 0. The fraction of sp³-hybridized carbons (Fsp3) is 0.172. The van der Waals surface area contributed by atoms with Crippen molar-refractivity contribution in [2.75, 3.05) is 0 Å². The topological polar surface area (TPSA) is 0 Å². The zero-order valence-electron chi connectivity index (χ0n) is 17.8. The summed E-state index contributed by atoms with van der Waals surface area (Å²) in [7, 11) is 0. The van der Waals surface area contributed by atoms with Crippen molar-refractivity contribution in [3.8, 4) is 11.1 Å². The molecule has 0 amide bonds. The lowest BCUT2D eigenvalue weighted by atomic mass is 9.66. The van der Waals surface area contributed by atoms with Crippen molar-refractivity contribution in [1.82, 2.24) is 0 Å². The highest BCUT2D eigenvalue weighted by Crippen LogP contribution is 2.56. The molecule has 0 heterocycles. The molecular formula is C29H28. The van der Waals surface area contributed by atoms with Crippen molar-refractivity contribution in [3.05, 3.63) is 131 Å². The average molecular weight is 377 g/mol. The van der Waals surface area contributed by atoms with E-state index < -0.39 is 0 Å². The molecule has 0 aromatic heterocycles. The number of benzene rings is 3. The third-order valence-electron chi connectivity index (χ3n) is 5.98. The second-order valence-electron chi connectivity index (χ2n) is 8.13. The standard InChI is InChI=1S/C29H28/c1-6-23(15-11-20(2)3)29(24-16-12-21(4)13-17-24)27-10-8-7-9-25(27)26-19-22(5)14-18-28(26)29/h6-19H,2H2,1,3-5H3. The van der Waals surface area contributed by atoms with Crippen LogP contribution in [0.25, 0.3) is 11.1 Å². The van der Waals surface area contributed by atoms with Gasteiger partial charge in [-0.05, 0) is 61.1 Å². The minimum atomic E-state index is -0.325. The van der Waals surface area contributed by atoms with Gasteiger partial charge >= 0.3 is 0 Å². The highest BCUT2D eigenvalue weighted by molar-refractivity contribution is 5.87. The van der Waals surface area contributed by atoms with Gasteiger partial charge in [0.15, 0.2) is 0 Å². The molecule has 0 saturated heterocycles. The van der Waals surface area contributed by atoms with Gasteiger partial charge in [0.05, 0.1) is 5.41 Å². The third-order valence-corrected chi connectivity index (χ3v) is 5.98. The third kappa shape index (κ3) is 3.00. The van der Waals surface area contributed by atoms with Gasteiger partial charge in [-0.25, -0.2) is 0 Å². The van der Waals surface area contributed by atoms with E-state index >= 15 is 0 Å². The summed E-state index contributed by atoms with van der Waals surface area (Å²) in [6, 6.07) is 24.8. The number of allylic oxidation sites excluding steroid dienone is 5. The lowest BCUT2D eigenvalue weighted by molar-refractivity contribution is 0.764. The molecular weight excluding hydrogens is 348 g/mol. The Hall–Kier alpha value is -3.12. The molecule has 0 radical (unpaired) electrons. The molecule has 0 spiro atoms. The van der Waals surface area contributed by atoms with E-state index in [-0.39, 0.29) is 5.41 Å². The van der Waals surface area contributed by atoms with E-state index in [1.165, 1.54) is 44.5 Å². The Balaban J connectivity index is 2.14. The SMILES string of the molecule is C=C(C)C=CC(=CC)C1(c2ccc(C)cc2)c2ccccc2-c2cc(C)ccc21. The average Bonchev–Trinajstić information content (AvgIpc) is 3.00. The molecule has 0 heteroatoms. The van der Waals surface area contributed by atoms with E-state index in [9.17, 15) is 0 Å². The van der Waals surface area contributed by atoms with Crippen LogP contribution in [0.15, 0.2) is 103 Å². The van der Waals surface area contributed by atoms with Crippen molar-refractivity contribution in [2.24, 2.45) is 0 Å². The molecule has 29 heavy (non-hydrogen) atoms. The first-order valence-corrected chi connectivity index (χ1v) is 10.3. The summed E-state index contributed by atoms with van der Waals surface area (Å²) < 4.78 is 0. The number of rotatable bonds is 4. The van der Waals surface area contributed by atoms with Gasteiger partial charge in [-0.15, -0.1) is 0 Å². The maximum atomic E-state index is 4.08. The van der Waals surface area contributed by atoms with Crippen molar-refractivity contribution in [3.63, 3.8) is 0 Å². The minimum Gasteiger partial charge on any atom is -0.0961 e. The Labute approximate surface area is 174 Å². The molecule has 0 nitrogen and oxygen atoms in total. The molecule has 0 N–H and O–H groups in total. The minimum absolute atomic E-state index is 0.325. The first-order valence-electron chi connectivity index (χ1n) is 10.3. The van der Waals surface area contributed by atoms with Crippen LogP contribution >= 0.6 is 0 Å². The summed E-state index contributed by atoms with van der Waals surface area (Å²) in [5.41, 5.74) is 11.2. The molecule has 0 bridgehead atoms. The molecule has 1 aliphatic rings. The second-order valence-corrected chi connectivity index (χ2v) is 8.13. The van der Waals surface area contributed by atoms with Gasteiger partial charge in [-0.1, -0.05) is 108 Å². The summed E-state index contributed by atoms with van der Waals surface area (Å²) in [5, 5.41) is 0. The normalized spacial score (nSPS) is 18.0. The fourth-order valence-electron chi connectivity index (χ4n) is 4.66. The van der Waals surface area contributed by atoms with E-state index in [4.69, 9.17) is 0 Å². The molecule has 0 saturated carbocycles. The molecule has 1 atom stereocenters. The van der Waals surface area contributed by atoms with Gasteiger partial charge in [0, 0.05) is 0 Å². The maximum absolute atomic E-state index is 4.08. The number of hydrogen-bond donors (Lipinski definition) is 0. The van der Waals surface area contributed by atoms with Gasteiger partial charge < -0.3 is 0 Å². The van der Waals surface area contributed by atoms with E-state index in [2.05, 4.69) is 112 Å². The van der Waals surface area contributed by atoms with E-state index in [0.29, 0.717) is 0 Å². The van der Waals surface area contributed by atoms with Crippen LogP contribution in [-0.2, 0) is 5.41 Å². The number of hydrogen-bond acceptors (Lipinski definition) is 0. The molecule has 3 aromatic rings. The Morgan fingerprint density at radius 2 is 1.45 bits per heavy atom. The largest absolute Gasteiger partial charge is 0.0961 e. The highest BCUT2D eigenvalue weighted by Gasteiger charge is 2.46. The quantitative estimate of drug-likeness (QED) is 0.409. The van der Waals surface area contributed by atoms with E-state index in [0.717, 1.165) is 5.57 Å². The predicted octanol–water partition coefficient (Wildman–Crippen LogP) is 7.70. The number of aryl methyl sites for hydroxylation is 2. The maximum Gasteiger partial charge on any atom is 0.0710 e. The molecule has 1 unspecified atom stereocenters. The number of fused-ring (bicyclic) bond motifs is 3. The lowest BCUT2D eigenvalue weighted by Crippen LogP contribution is -2.29. The van der Waals surface area contributed by atoms with E-state index in [1.807, 2.05) is 6.92 Å². The summed E-state index contributed by atoms with van der Waals surface area (Å²) in [6.07, 6.45) is 6.62. The molecule has 1 aliphatic carbocycles. The lowest BCUT2D eigenvalue weighted by Gasteiger charge is -2.35.